The second-order valence-corrected chi connectivity index (χ2v) is 10.3. The van der Waals surface area contributed by atoms with Crippen LogP contribution in [0.5, 0.6) is 11.5 Å². The third kappa shape index (κ3) is 7.24. The van der Waals surface area contributed by atoms with E-state index in [9.17, 15) is 18.3 Å². The van der Waals surface area contributed by atoms with Crippen LogP contribution in [0.3, 0.4) is 0 Å². The van der Waals surface area contributed by atoms with E-state index in [0.29, 0.717) is 36.3 Å². The van der Waals surface area contributed by atoms with Crippen LogP contribution in [0.15, 0.2) is 67.3 Å². The Bertz CT molecular complexity index is 1230. The summed E-state index contributed by atoms with van der Waals surface area (Å²) >= 11 is 0. The number of aliphatic hydroxyl groups excluding tert-OH is 1. The van der Waals surface area contributed by atoms with E-state index in [2.05, 4.69) is 6.58 Å². The smallest absolute Gasteiger partial charge is 0.201 e. The molecule has 0 aliphatic heterocycles. The minimum absolute atomic E-state index is 0.105. The molecule has 1 saturated carbocycles. The van der Waals surface area contributed by atoms with Gasteiger partial charge in [-0.15, -0.1) is 6.58 Å². The fraction of sp³-hybridized carbons (Fsp3) is 0.394. The molecule has 3 nitrogen and oxygen atoms in total. The van der Waals surface area contributed by atoms with E-state index in [4.69, 9.17) is 9.47 Å². The molecule has 1 fully saturated rings. The molecule has 4 rings (SSSR count). The van der Waals surface area contributed by atoms with Gasteiger partial charge < -0.3 is 14.6 Å². The molecule has 0 radical (unpaired) electrons. The zero-order valence-electron chi connectivity index (χ0n) is 22.5. The van der Waals surface area contributed by atoms with E-state index in [1.165, 1.54) is 18.2 Å². The van der Waals surface area contributed by atoms with Gasteiger partial charge in [0.2, 0.25) is 5.82 Å². The molecule has 1 aliphatic carbocycles. The van der Waals surface area contributed by atoms with Crippen molar-refractivity contribution >= 4 is 0 Å². The zero-order chi connectivity index (χ0) is 27.8. The molecule has 0 amide bonds. The molecule has 39 heavy (non-hydrogen) atoms. The molecule has 1 N–H and O–H groups in total. The SMILES string of the molecule is C=CCCOc1ccc(C2CCC(COc3ccc(-c4ccc(C(O)CCC)cc4)c(F)c3F)CC2)c(F)c1. The third-order valence-electron chi connectivity index (χ3n) is 7.54. The Kier molecular flexibility index (Phi) is 10.1. The van der Waals surface area contributed by atoms with Crippen LogP contribution in [0.4, 0.5) is 13.2 Å². The largest absolute Gasteiger partial charge is 0.493 e. The van der Waals surface area contributed by atoms with Crippen molar-refractivity contribution in [3.63, 3.8) is 0 Å². The maximum absolute atomic E-state index is 14.9. The van der Waals surface area contributed by atoms with Crippen molar-refractivity contribution in [1.82, 2.24) is 0 Å². The van der Waals surface area contributed by atoms with Gasteiger partial charge >= 0.3 is 0 Å². The van der Waals surface area contributed by atoms with Gasteiger partial charge in [-0.1, -0.05) is 49.8 Å². The summed E-state index contributed by atoms with van der Waals surface area (Å²) in [6, 6.07) is 14.9. The summed E-state index contributed by atoms with van der Waals surface area (Å²) in [4.78, 5) is 0. The maximum atomic E-state index is 14.9. The Morgan fingerprint density at radius 1 is 0.949 bits per heavy atom. The van der Waals surface area contributed by atoms with Gasteiger partial charge in [0, 0.05) is 11.6 Å². The predicted molar refractivity (Wildman–Crippen MR) is 149 cm³/mol. The standard InChI is InChI=1S/C33H37F3O3/c1-3-5-19-38-26-15-16-27(29(34)20-26)23-9-7-22(8-10-23)21-39-31-18-17-28(32(35)33(31)36)24-11-13-25(14-12-24)30(37)6-4-2/h3,11-18,20,22-23,30,37H,1,4-10,19,21H2,2H3. The first-order chi connectivity index (χ1) is 18.9. The Labute approximate surface area is 229 Å². The van der Waals surface area contributed by atoms with E-state index in [-0.39, 0.29) is 35.6 Å². The van der Waals surface area contributed by atoms with Gasteiger partial charge in [-0.05, 0) is 85.3 Å². The van der Waals surface area contributed by atoms with Gasteiger partial charge in [-0.25, -0.2) is 8.78 Å². The van der Waals surface area contributed by atoms with Crippen LogP contribution in [0.25, 0.3) is 11.1 Å². The predicted octanol–water partition coefficient (Wildman–Crippen LogP) is 8.91. The first kappa shape index (κ1) is 28.8. The molecule has 3 aromatic rings. The Balaban J connectivity index is 1.31. The molecule has 6 heteroatoms. The normalized spacial score (nSPS) is 18.0. The summed E-state index contributed by atoms with van der Waals surface area (Å²) in [5.74, 6) is -1.49. The Hall–Kier alpha value is -3.25. The number of ether oxygens (including phenoxy) is 2. The molecule has 0 saturated heterocycles. The molecule has 208 valence electrons. The molecular formula is C33H37F3O3. The molecular weight excluding hydrogens is 501 g/mol. The summed E-state index contributed by atoms with van der Waals surface area (Å²) in [7, 11) is 0. The van der Waals surface area contributed by atoms with Crippen LogP contribution in [-0.4, -0.2) is 18.3 Å². The number of hydrogen-bond donors (Lipinski definition) is 1. The van der Waals surface area contributed by atoms with Crippen LogP contribution in [0.2, 0.25) is 0 Å². The molecule has 1 aliphatic rings. The van der Waals surface area contributed by atoms with Gasteiger partial charge in [0.1, 0.15) is 11.6 Å². The minimum Gasteiger partial charge on any atom is -0.493 e. The lowest BCUT2D eigenvalue weighted by Gasteiger charge is -2.29. The van der Waals surface area contributed by atoms with E-state index in [0.717, 1.165) is 37.7 Å². The highest BCUT2D eigenvalue weighted by Gasteiger charge is 2.26. The molecule has 0 bridgehead atoms. The van der Waals surface area contributed by atoms with Crippen LogP contribution in [0, 0.1) is 23.4 Å². The van der Waals surface area contributed by atoms with Crippen LogP contribution >= 0.6 is 0 Å². The number of rotatable bonds is 12. The van der Waals surface area contributed by atoms with Crippen molar-refractivity contribution in [2.24, 2.45) is 5.92 Å². The molecule has 3 aromatic carbocycles. The molecule has 1 atom stereocenters. The van der Waals surface area contributed by atoms with Gasteiger partial charge in [0.25, 0.3) is 0 Å². The highest BCUT2D eigenvalue weighted by molar-refractivity contribution is 5.65. The fourth-order valence-corrected chi connectivity index (χ4v) is 5.23. The first-order valence-electron chi connectivity index (χ1n) is 13.8. The van der Waals surface area contributed by atoms with Crippen molar-refractivity contribution in [2.45, 2.75) is 63.9 Å². The zero-order valence-corrected chi connectivity index (χ0v) is 22.5. The van der Waals surface area contributed by atoms with Gasteiger partial charge in [-0.2, -0.15) is 4.39 Å². The summed E-state index contributed by atoms with van der Waals surface area (Å²) < 4.78 is 55.8. The maximum Gasteiger partial charge on any atom is 0.201 e. The number of benzene rings is 3. The van der Waals surface area contributed by atoms with E-state index >= 15 is 0 Å². The second kappa shape index (κ2) is 13.7. The highest BCUT2D eigenvalue weighted by Crippen LogP contribution is 2.38. The van der Waals surface area contributed by atoms with Crippen molar-refractivity contribution < 1.29 is 27.8 Å². The van der Waals surface area contributed by atoms with Crippen molar-refractivity contribution in [1.29, 1.82) is 0 Å². The monoisotopic (exact) mass is 538 g/mol. The van der Waals surface area contributed by atoms with Gasteiger partial charge in [0.05, 0.1) is 19.3 Å². The molecule has 0 heterocycles. The van der Waals surface area contributed by atoms with E-state index in [1.807, 2.05) is 13.0 Å². The number of hydrogen-bond acceptors (Lipinski definition) is 3. The van der Waals surface area contributed by atoms with Crippen LogP contribution in [-0.2, 0) is 0 Å². The topological polar surface area (TPSA) is 38.7 Å². The number of aliphatic hydroxyl groups is 1. The van der Waals surface area contributed by atoms with Crippen LogP contribution < -0.4 is 9.47 Å². The van der Waals surface area contributed by atoms with Gasteiger partial charge in [-0.3, -0.25) is 0 Å². The molecule has 1 unspecified atom stereocenters. The second-order valence-electron chi connectivity index (χ2n) is 10.3. The van der Waals surface area contributed by atoms with Crippen LogP contribution in [0.1, 0.15) is 75.0 Å². The summed E-state index contributed by atoms with van der Waals surface area (Å²) in [6.45, 7) is 6.40. The number of halogens is 3. The van der Waals surface area contributed by atoms with Crippen molar-refractivity contribution in [2.75, 3.05) is 13.2 Å². The Morgan fingerprint density at radius 3 is 2.36 bits per heavy atom. The van der Waals surface area contributed by atoms with Crippen molar-refractivity contribution in [3.8, 4) is 22.6 Å². The quantitative estimate of drug-likeness (QED) is 0.185. The van der Waals surface area contributed by atoms with Gasteiger partial charge in [0.15, 0.2) is 11.6 Å². The Morgan fingerprint density at radius 2 is 1.69 bits per heavy atom. The third-order valence-corrected chi connectivity index (χ3v) is 7.54. The lowest BCUT2D eigenvalue weighted by atomic mass is 9.79. The summed E-state index contributed by atoms with van der Waals surface area (Å²) in [6.07, 6.45) is 6.64. The average molecular weight is 539 g/mol. The van der Waals surface area contributed by atoms with E-state index < -0.39 is 17.7 Å². The highest BCUT2D eigenvalue weighted by atomic mass is 19.2. The van der Waals surface area contributed by atoms with E-state index in [1.54, 1.807) is 36.4 Å². The average Bonchev–Trinajstić information content (AvgIpc) is 2.95. The summed E-state index contributed by atoms with van der Waals surface area (Å²) in [5.41, 5.74) is 2.13. The minimum atomic E-state index is -1.01. The first-order valence-corrected chi connectivity index (χ1v) is 13.8. The lowest BCUT2D eigenvalue weighted by Crippen LogP contribution is -2.20. The molecule has 0 aromatic heterocycles. The molecule has 0 spiro atoms. The van der Waals surface area contributed by atoms with Crippen molar-refractivity contribution in [3.05, 3.63) is 95.8 Å². The fourth-order valence-electron chi connectivity index (χ4n) is 5.23. The lowest BCUT2D eigenvalue weighted by molar-refractivity contribution is 0.166. The summed E-state index contributed by atoms with van der Waals surface area (Å²) in [5, 5.41) is 10.1.